The first-order valence-electron chi connectivity index (χ1n) is 10.7. The van der Waals surface area contributed by atoms with Gasteiger partial charge in [-0.3, -0.25) is 9.48 Å². The van der Waals surface area contributed by atoms with Crippen LogP contribution >= 0.6 is 0 Å². The summed E-state index contributed by atoms with van der Waals surface area (Å²) in [4.78, 5) is 15.2. The van der Waals surface area contributed by atoms with Gasteiger partial charge in [0.05, 0.1) is 17.8 Å². The van der Waals surface area contributed by atoms with Gasteiger partial charge in [0.2, 0.25) is 0 Å². The average Bonchev–Trinajstić information content (AvgIpc) is 3.46. The van der Waals surface area contributed by atoms with Crippen molar-refractivity contribution in [1.82, 2.24) is 19.8 Å². The standard InChI is InChI=1S/C25H22F2N4O3/c1-14-18-7-5-17(32)9-20(18)25(2,15-11-28-30(3)12-15)13-31(14)24(33)22-10-23(34-29-22)19-6-4-16(26)8-21(19)27/h4-12,14,32H,13H2,1-3H3. The summed E-state index contributed by atoms with van der Waals surface area (Å²) in [5.41, 5.74) is 2.06. The van der Waals surface area contributed by atoms with Gasteiger partial charge in [0, 0.05) is 42.9 Å². The molecule has 2 aromatic carbocycles. The lowest BCUT2D eigenvalue weighted by Crippen LogP contribution is -2.49. The van der Waals surface area contributed by atoms with E-state index in [4.69, 9.17) is 4.52 Å². The fourth-order valence-corrected chi connectivity index (χ4v) is 4.66. The zero-order valence-corrected chi connectivity index (χ0v) is 18.8. The molecule has 4 aromatic rings. The van der Waals surface area contributed by atoms with Gasteiger partial charge in [-0.15, -0.1) is 0 Å². The molecule has 1 aliphatic rings. The number of hydrogen-bond donors (Lipinski definition) is 1. The number of amides is 1. The minimum atomic E-state index is -0.806. The van der Waals surface area contributed by atoms with Gasteiger partial charge in [-0.05, 0) is 49.2 Å². The zero-order valence-electron chi connectivity index (χ0n) is 18.8. The number of aryl methyl sites for hydroxylation is 1. The summed E-state index contributed by atoms with van der Waals surface area (Å²) >= 11 is 0. The number of carbonyl (C=O) groups is 1. The molecule has 0 radical (unpaired) electrons. The Balaban J connectivity index is 1.55. The average molecular weight is 464 g/mol. The fraction of sp³-hybridized carbons (Fsp3) is 0.240. The van der Waals surface area contributed by atoms with E-state index in [1.165, 1.54) is 12.1 Å². The molecule has 2 atom stereocenters. The van der Waals surface area contributed by atoms with Crippen LogP contribution in [0.15, 0.2) is 59.4 Å². The van der Waals surface area contributed by atoms with Crippen LogP contribution < -0.4 is 0 Å². The number of rotatable bonds is 3. The number of aromatic nitrogens is 3. The molecule has 0 aliphatic carbocycles. The van der Waals surface area contributed by atoms with Crippen LogP contribution in [0, 0.1) is 11.6 Å². The molecule has 34 heavy (non-hydrogen) atoms. The first kappa shape index (κ1) is 21.8. The number of aromatic hydroxyl groups is 1. The third-order valence-corrected chi connectivity index (χ3v) is 6.56. The molecule has 0 saturated carbocycles. The molecule has 1 amide bonds. The van der Waals surface area contributed by atoms with Gasteiger partial charge in [0.1, 0.15) is 17.4 Å². The lowest BCUT2D eigenvalue weighted by molar-refractivity contribution is 0.0616. The molecule has 1 N–H and O–H groups in total. The molecule has 2 aromatic heterocycles. The fourth-order valence-electron chi connectivity index (χ4n) is 4.66. The van der Waals surface area contributed by atoms with Crippen molar-refractivity contribution in [2.75, 3.05) is 6.54 Å². The van der Waals surface area contributed by atoms with Gasteiger partial charge >= 0.3 is 0 Å². The van der Waals surface area contributed by atoms with E-state index < -0.39 is 17.0 Å². The highest BCUT2D eigenvalue weighted by atomic mass is 19.1. The Bertz CT molecular complexity index is 1410. The van der Waals surface area contributed by atoms with E-state index in [1.807, 2.05) is 33.2 Å². The van der Waals surface area contributed by atoms with E-state index in [-0.39, 0.29) is 34.7 Å². The summed E-state index contributed by atoms with van der Waals surface area (Å²) in [6.07, 6.45) is 3.63. The van der Waals surface area contributed by atoms with Crippen molar-refractivity contribution in [2.45, 2.75) is 25.3 Å². The summed E-state index contributed by atoms with van der Waals surface area (Å²) in [7, 11) is 1.82. The minimum Gasteiger partial charge on any atom is -0.508 e. The monoisotopic (exact) mass is 464 g/mol. The van der Waals surface area contributed by atoms with Crippen molar-refractivity contribution in [2.24, 2.45) is 7.05 Å². The third-order valence-electron chi connectivity index (χ3n) is 6.56. The quantitative estimate of drug-likeness (QED) is 0.480. The Hall–Kier alpha value is -4.01. The maximum atomic E-state index is 14.2. The molecule has 2 unspecified atom stereocenters. The molecule has 0 fully saturated rings. The van der Waals surface area contributed by atoms with Gasteiger partial charge in [0.25, 0.3) is 5.91 Å². The van der Waals surface area contributed by atoms with E-state index in [2.05, 4.69) is 10.3 Å². The SMILES string of the molecule is CC1c2ccc(O)cc2C(C)(c2cnn(C)c2)CN1C(=O)c1cc(-c2ccc(F)cc2F)on1. The number of phenols is 1. The van der Waals surface area contributed by atoms with Gasteiger partial charge in [-0.1, -0.05) is 11.2 Å². The molecule has 0 saturated heterocycles. The van der Waals surface area contributed by atoms with Gasteiger partial charge in [-0.2, -0.15) is 5.10 Å². The van der Waals surface area contributed by atoms with Crippen molar-refractivity contribution in [3.63, 3.8) is 0 Å². The molecule has 7 nitrogen and oxygen atoms in total. The number of fused-ring (bicyclic) bond motifs is 1. The predicted molar refractivity (Wildman–Crippen MR) is 119 cm³/mol. The van der Waals surface area contributed by atoms with Crippen LogP contribution in [0.1, 0.15) is 47.1 Å². The van der Waals surface area contributed by atoms with Crippen LogP contribution in [0.4, 0.5) is 8.78 Å². The van der Waals surface area contributed by atoms with Crippen LogP contribution in [0.2, 0.25) is 0 Å². The van der Waals surface area contributed by atoms with Crippen LogP contribution in [0.5, 0.6) is 5.75 Å². The molecular formula is C25H22F2N4O3. The number of carbonyl (C=O) groups excluding carboxylic acids is 1. The Labute approximate surface area is 194 Å². The summed E-state index contributed by atoms with van der Waals surface area (Å²) < 4.78 is 34.4. The summed E-state index contributed by atoms with van der Waals surface area (Å²) in [6.45, 7) is 4.19. The molecule has 9 heteroatoms. The molecule has 0 bridgehead atoms. The van der Waals surface area contributed by atoms with E-state index >= 15 is 0 Å². The highest BCUT2D eigenvalue weighted by molar-refractivity contribution is 5.94. The minimum absolute atomic E-state index is 0.0145. The summed E-state index contributed by atoms with van der Waals surface area (Å²) in [5.74, 6) is -1.73. The number of phenolic OH excluding ortho intramolecular Hbond substituents is 1. The Morgan fingerprint density at radius 3 is 2.71 bits per heavy atom. The molecule has 3 heterocycles. The smallest absolute Gasteiger partial charge is 0.276 e. The molecule has 174 valence electrons. The summed E-state index contributed by atoms with van der Waals surface area (Å²) in [6, 6.07) is 9.27. The zero-order chi connectivity index (χ0) is 24.2. The van der Waals surface area contributed by atoms with Crippen molar-refractivity contribution < 1.29 is 23.2 Å². The van der Waals surface area contributed by atoms with E-state index in [1.54, 1.807) is 27.9 Å². The second-order valence-electron chi connectivity index (χ2n) is 8.82. The number of benzene rings is 2. The van der Waals surface area contributed by atoms with Crippen molar-refractivity contribution in [3.8, 4) is 17.1 Å². The van der Waals surface area contributed by atoms with Crippen LogP contribution in [0.25, 0.3) is 11.3 Å². The van der Waals surface area contributed by atoms with E-state index in [0.29, 0.717) is 6.54 Å². The molecule has 0 spiro atoms. The van der Waals surface area contributed by atoms with Crippen LogP contribution in [-0.2, 0) is 12.5 Å². The number of hydrogen-bond acceptors (Lipinski definition) is 5. The molecule has 1 aliphatic heterocycles. The third kappa shape index (κ3) is 3.44. The van der Waals surface area contributed by atoms with Gasteiger partial charge < -0.3 is 14.5 Å². The maximum absolute atomic E-state index is 14.2. The Morgan fingerprint density at radius 2 is 2.00 bits per heavy atom. The Morgan fingerprint density at radius 1 is 1.21 bits per heavy atom. The topological polar surface area (TPSA) is 84.4 Å². The second-order valence-corrected chi connectivity index (χ2v) is 8.82. The van der Waals surface area contributed by atoms with Gasteiger partial charge in [-0.25, -0.2) is 8.78 Å². The maximum Gasteiger partial charge on any atom is 0.276 e. The van der Waals surface area contributed by atoms with Crippen molar-refractivity contribution in [3.05, 3.63) is 88.9 Å². The Kier molecular flexibility index (Phi) is 5.00. The highest BCUT2D eigenvalue weighted by Crippen LogP contribution is 2.45. The van der Waals surface area contributed by atoms with Crippen molar-refractivity contribution in [1.29, 1.82) is 0 Å². The van der Waals surface area contributed by atoms with Gasteiger partial charge in [0.15, 0.2) is 11.5 Å². The van der Waals surface area contributed by atoms with E-state index in [0.717, 1.165) is 28.8 Å². The van der Waals surface area contributed by atoms with Crippen LogP contribution in [-0.4, -0.2) is 37.4 Å². The largest absolute Gasteiger partial charge is 0.508 e. The first-order chi connectivity index (χ1) is 16.2. The predicted octanol–water partition coefficient (Wildman–Crippen LogP) is 4.58. The summed E-state index contributed by atoms with van der Waals surface area (Å²) in [5, 5.41) is 18.4. The first-order valence-corrected chi connectivity index (χ1v) is 10.7. The highest BCUT2D eigenvalue weighted by Gasteiger charge is 2.43. The van der Waals surface area contributed by atoms with Crippen LogP contribution in [0.3, 0.4) is 0 Å². The second kappa shape index (κ2) is 7.79. The number of halogens is 2. The van der Waals surface area contributed by atoms with E-state index in [9.17, 15) is 18.7 Å². The molecular weight excluding hydrogens is 442 g/mol. The van der Waals surface area contributed by atoms with Crippen molar-refractivity contribution >= 4 is 5.91 Å². The lowest BCUT2D eigenvalue weighted by atomic mass is 9.71. The normalized spacial score (nSPS) is 19.8. The lowest BCUT2D eigenvalue weighted by Gasteiger charge is -2.45. The molecule has 5 rings (SSSR count). The number of nitrogens with zero attached hydrogens (tertiary/aromatic N) is 4.